The van der Waals surface area contributed by atoms with Gasteiger partial charge in [-0.05, 0) is 56.4 Å². The highest BCUT2D eigenvalue weighted by Crippen LogP contribution is 2.29. The van der Waals surface area contributed by atoms with E-state index in [0.29, 0.717) is 51.1 Å². The van der Waals surface area contributed by atoms with E-state index in [1.807, 2.05) is 0 Å². The number of carbonyl (C=O) groups excluding carboxylic acids is 2. The van der Waals surface area contributed by atoms with Crippen LogP contribution in [-0.4, -0.2) is 62.7 Å². The van der Waals surface area contributed by atoms with E-state index >= 15 is 0 Å². The maximum Gasteiger partial charge on any atom is 0.243 e. The molecule has 1 aromatic carbocycles. The van der Waals surface area contributed by atoms with Gasteiger partial charge in [-0.25, -0.2) is 8.42 Å². The molecule has 0 aliphatic carbocycles. The van der Waals surface area contributed by atoms with Crippen molar-refractivity contribution in [2.24, 2.45) is 17.6 Å². The van der Waals surface area contributed by atoms with Gasteiger partial charge in [0.15, 0.2) is 0 Å². The first kappa shape index (κ1) is 21.6. The van der Waals surface area contributed by atoms with Crippen LogP contribution in [0.5, 0.6) is 5.75 Å². The Hall–Kier alpha value is -2.13. The predicted octanol–water partition coefficient (Wildman–Crippen LogP) is 1.13. The molecule has 0 radical (unpaired) electrons. The summed E-state index contributed by atoms with van der Waals surface area (Å²) in [6, 6.07) is 4.80. The van der Waals surface area contributed by atoms with Gasteiger partial charge < -0.3 is 15.4 Å². The summed E-state index contributed by atoms with van der Waals surface area (Å²) < 4.78 is 32.8. The molecule has 2 heterocycles. The molecule has 2 saturated heterocycles. The Morgan fingerprint density at radius 1 is 1.10 bits per heavy atom. The summed E-state index contributed by atoms with van der Waals surface area (Å²) in [5.41, 5.74) is 6.10. The zero-order chi connectivity index (χ0) is 21.2. The van der Waals surface area contributed by atoms with E-state index in [4.69, 9.17) is 10.5 Å². The standard InChI is InChI=1S/C20H29N3O5S/c1-14-12-17(5-6-18(14)28-2)29(26,27)23-9-3-4-16(13-23)20(25)22-10-7-15(8-11-22)19(21)24/h5-6,12,15-16H,3-4,7-11,13H2,1-2H3,(H2,21,24). The number of piperidine rings is 2. The zero-order valence-corrected chi connectivity index (χ0v) is 17.8. The molecule has 2 aliphatic heterocycles. The van der Waals surface area contributed by atoms with E-state index in [2.05, 4.69) is 0 Å². The Kier molecular flexibility index (Phi) is 6.48. The number of hydrogen-bond donors (Lipinski definition) is 1. The number of sulfonamides is 1. The molecule has 8 nitrogen and oxygen atoms in total. The van der Waals surface area contributed by atoms with Gasteiger partial charge in [0, 0.05) is 32.1 Å². The lowest BCUT2D eigenvalue weighted by atomic mass is 9.93. The fraction of sp³-hybridized carbons (Fsp3) is 0.600. The molecule has 2 aliphatic rings. The number of benzene rings is 1. The van der Waals surface area contributed by atoms with E-state index in [9.17, 15) is 18.0 Å². The third-order valence-electron chi connectivity index (χ3n) is 5.95. The summed E-state index contributed by atoms with van der Waals surface area (Å²) in [4.78, 5) is 26.2. The third kappa shape index (κ3) is 4.56. The quantitative estimate of drug-likeness (QED) is 0.763. The van der Waals surface area contributed by atoms with Crippen LogP contribution in [0.2, 0.25) is 0 Å². The molecule has 1 aromatic rings. The van der Waals surface area contributed by atoms with Crippen LogP contribution in [0.15, 0.2) is 23.1 Å². The van der Waals surface area contributed by atoms with Crippen LogP contribution >= 0.6 is 0 Å². The average molecular weight is 424 g/mol. The van der Waals surface area contributed by atoms with Crippen LogP contribution in [0.4, 0.5) is 0 Å². The van der Waals surface area contributed by atoms with E-state index in [1.165, 1.54) is 4.31 Å². The Morgan fingerprint density at radius 2 is 1.79 bits per heavy atom. The lowest BCUT2D eigenvalue weighted by molar-refractivity contribution is -0.139. The first-order valence-electron chi connectivity index (χ1n) is 9.97. The number of aryl methyl sites for hydroxylation is 1. The molecular formula is C20H29N3O5S. The number of amides is 2. The number of ether oxygens (including phenoxy) is 1. The Balaban J connectivity index is 1.69. The maximum absolute atomic E-state index is 13.1. The van der Waals surface area contributed by atoms with Crippen LogP contribution in [0.1, 0.15) is 31.2 Å². The second-order valence-corrected chi connectivity index (χ2v) is 9.77. The molecule has 29 heavy (non-hydrogen) atoms. The van der Waals surface area contributed by atoms with E-state index < -0.39 is 10.0 Å². The molecule has 0 bridgehead atoms. The highest BCUT2D eigenvalue weighted by Gasteiger charge is 2.36. The van der Waals surface area contributed by atoms with E-state index in [0.717, 1.165) is 5.56 Å². The van der Waals surface area contributed by atoms with Crippen molar-refractivity contribution in [2.75, 3.05) is 33.3 Å². The number of hydrogen-bond acceptors (Lipinski definition) is 5. The number of likely N-dealkylation sites (tertiary alicyclic amines) is 1. The number of methoxy groups -OCH3 is 1. The summed E-state index contributed by atoms with van der Waals surface area (Å²) >= 11 is 0. The van der Waals surface area contributed by atoms with Gasteiger partial charge in [0.05, 0.1) is 17.9 Å². The van der Waals surface area contributed by atoms with Gasteiger partial charge in [-0.15, -0.1) is 0 Å². The fourth-order valence-corrected chi connectivity index (χ4v) is 5.77. The van der Waals surface area contributed by atoms with Crippen molar-refractivity contribution in [1.82, 2.24) is 9.21 Å². The molecule has 3 rings (SSSR count). The van der Waals surface area contributed by atoms with Gasteiger partial charge in [0.25, 0.3) is 0 Å². The molecule has 2 amide bonds. The van der Waals surface area contributed by atoms with Crippen LogP contribution in [0, 0.1) is 18.8 Å². The van der Waals surface area contributed by atoms with Crippen molar-refractivity contribution in [3.05, 3.63) is 23.8 Å². The minimum Gasteiger partial charge on any atom is -0.496 e. The highest BCUT2D eigenvalue weighted by atomic mass is 32.2. The van der Waals surface area contributed by atoms with Gasteiger partial charge in [-0.1, -0.05) is 0 Å². The van der Waals surface area contributed by atoms with Gasteiger partial charge in [-0.3, -0.25) is 9.59 Å². The second kappa shape index (κ2) is 8.71. The topological polar surface area (TPSA) is 110 Å². The van der Waals surface area contributed by atoms with Crippen molar-refractivity contribution < 1.29 is 22.7 Å². The van der Waals surface area contributed by atoms with Gasteiger partial charge in [0.2, 0.25) is 21.8 Å². The maximum atomic E-state index is 13.1. The van der Waals surface area contributed by atoms with Crippen LogP contribution in [0.25, 0.3) is 0 Å². The fourth-order valence-electron chi connectivity index (χ4n) is 4.17. The average Bonchev–Trinajstić information content (AvgIpc) is 2.73. The molecular weight excluding hydrogens is 394 g/mol. The smallest absolute Gasteiger partial charge is 0.243 e. The molecule has 1 atom stereocenters. The van der Waals surface area contributed by atoms with Gasteiger partial charge >= 0.3 is 0 Å². The molecule has 1 unspecified atom stereocenters. The van der Waals surface area contributed by atoms with Gasteiger partial charge in [0.1, 0.15) is 5.75 Å². The first-order valence-corrected chi connectivity index (χ1v) is 11.4. The van der Waals surface area contributed by atoms with Crippen LogP contribution < -0.4 is 10.5 Å². The molecule has 0 spiro atoms. The molecule has 160 valence electrons. The summed E-state index contributed by atoms with van der Waals surface area (Å²) in [5.74, 6) is -0.251. The minimum absolute atomic E-state index is 0.0290. The minimum atomic E-state index is -3.68. The summed E-state index contributed by atoms with van der Waals surface area (Å²) in [6.45, 7) is 3.37. The predicted molar refractivity (Wildman–Crippen MR) is 108 cm³/mol. The van der Waals surface area contributed by atoms with Gasteiger partial charge in [-0.2, -0.15) is 4.31 Å². The lowest BCUT2D eigenvalue weighted by Gasteiger charge is -2.37. The first-order chi connectivity index (χ1) is 13.7. The SMILES string of the molecule is COc1ccc(S(=O)(=O)N2CCCC(C(=O)N3CCC(C(N)=O)CC3)C2)cc1C. The van der Waals surface area contributed by atoms with Crippen LogP contribution in [0.3, 0.4) is 0 Å². The van der Waals surface area contributed by atoms with Crippen LogP contribution in [-0.2, 0) is 19.6 Å². The molecule has 2 N–H and O–H groups in total. The third-order valence-corrected chi connectivity index (χ3v) is 7.81. The van der Waals surface area contributed by atoms with Crippen molar-refractivity contribution in [3.8, 4) is 5.75 Å². The summed E-state index contributed by atoms with van der Waals surface area (Å²) in [6.07, 6.45) is 2.45. The van der Waals surface area contributed by atoms with E-state index in [-0.39, 0.29) is 35.1 Å². The largest absolute Gasteiger partial charge is 0.496 e. The summed E-state index contributed by atoms with van der Waals surface area (Å²) in [7, 11) is -2.14. The monoisotopic (exact) mass is 423 g/mol. The normalized spacial score (nSPS) is 21.7. The number of nitrogens with two attached hydrogens (primary N) is 1. The van der Waals surface area contributed by atoms with Crippen molar-refractivity contribution in [2.45, 2.75) is 37.5 Å². The van der Waals surface area contributed by atoms with Crippen molar-refractivity contribution >= 4 is 21.8 Å². The van der Waals surface area contributed by atoms with E-state index in [1.54, 1.807) is 37.1 Å². The number of carbonyl (C=O) groups is 2. The molecule has 2 fully saturated rings. The second-order valence-electron chi connectivity index (χ2n) is 7.84. The Morgan fingerprint density at radius 3 is 2.38 bits per heavy atom. The highest BCUT2D eigenvalue weighted by molar-refractivity contribution is 7.89. The number of primary amides is 1. The number of nitrogens with zero attached hydrogens (tertiary/aromatic N) is 2. The Labute approximate surface area is 172 Å². The Bertz CT molecular complexity index is 878. The van der Waals surface area contributed by atoms with Crippen molar-refractivity contribution in [3.63, 3.8) is 0 Å². The lowest BCUT2D eigenvalue weighted by Crippen LogP contribution is -2.49. The molecule has 9 heteroatoms. The zero-order valence-electron chi connectivity index (χ0n) is 17.0. The summed E-state index contributed by atoms with van der Waals surface area (Å²) in [5, 5.41) is 0. The number of rotatable bonds is 5. The van der Waals surface area contributed by atoms with Crippen molar-refractivity contribution in [1.29, 1.82) is 0 Å². The molecule has 0 saturated carbocycles. The molecule has 0 aromatic heterocycles.